The molecule has 0 saturated carbocycles. The highest BCUT2D eigenvalue weighted by atomic mass is 32.2. The summed E-state index contributed by atoms with van der Waals surface area (Å²) in [6.45, 7) is 4.12. The maximum absolute atomic E-state index is 12.6. The monoisotopic (exact) mass is 316 g/mol. The van der Waals surface area contributed by atoms with E-state index in [1.807, 2.05) is 5.38 Å². The summed E-state index contributed by atoms with van der Waals surface area (Å²) in [7, 11) is -3.15. The zero-order valence-corrected chi connectivity index (χ0v) is 13.0. The molecule has 0 aliphatic carbocycles. The van der Waals surface area contributed by atoms with Crippen LogP contribution in [0.2, 0.25) is 0 Å². The normalized spacial score (nSPS) is 25.8. The van der Waals surface area contributed by atoms with Crippen molar-refractivity contribution in [2.24, 2.45) is 0 Å². The van der Waals surface area contributed by atoms with Crippen LogP contribution >= 0.6 is 11.3 Å². The van der Waals surface area contributed by atoms with E-state index in [0.717, 1.165) is 37.6 Å². The molecule has 2 aliphatic rings. The first kappa shape index (κ1) is 14.2. The first-order valence-electron chi connectivity index (χ1n) is 7.02. The second kappa shape index (κ2) is 5.97. The first-order valence-corrected chi connectivity index (χ1v) is 9.40. The predicted octanol–water partition coefficient (Wildman–Crippen LogP) is 0.347. The van der Waals surface area contributed by atoms with E-state index in [1.165, 1.54) is 0 Å². The van der Waals surface area contributed by atoms with E-state index >= 15 is 0 Å². The summed E-state index contributed by atoms with van der Waals surface area (Å²) in [5.74, 6) is 0. The summed E-state index contributed by atoms with van der Waals surface area (Å²) in [5, 5.41) is 5.88. The lowest BCUT2D eigenvalue weighted by Gasteiger charge is -2.36. The number of aromatic nitrogens is 1. The molecular weight excluding hydrogens is 296 g/mol. The fourth-order valence-corrected chi connectivity index (χ4v) is 5.37. The van der Waals surface area contributed by atoms with Crippen molar-refractivity contribution in [2.45, 2.75) is 18.1 Å². The van der Waals surface area contributed by atoms with E-state index in [4.69, 9.17) is 0 Å². The molecule has 20 heavy (non-hydrogen) atoms. The lowest BCUT2D eigenvalue weighted by molar-refractivity contribution is 0.369. The number of piperazine rings is 1. The van der Waals surface area contributed by atoms with Crippen LogP contribution in [0.5, 0.6) is 0 Å². The van der Waals surface area contributed by atoms with Gasteiger partial charge in [0, 0.05) is 44.3 Å². The third-order valence-corrected chi connectivity index (χ3v) is 7.12. The molecule has 3 heterocycles. The fourth-order valence-electron chi connectivity index (χ4n) is 2.79. The Labute approximate surface area is 123 Å². The van der Waals surface area contributed by atoms with Crippen molar-refractivity contribution >= 4 is 26.5 Å². The number of nitrogens with one attached hydrogen (secondary N) is 1. The first-order chi connectivity index (χ1) is 9.68. The molecule has 2 aliphatic heterocycles. The molecule has 0 aromatic carbocycles. The number of hydrogen-bond donors (Lipinski definition) is 1. The summed E-state index contributed by atoms with van der Waals surface area (Å²) in [6.07, 6.45) is 3.52. The Balaban J connectivity index is 1.62. The van der Waals surface area contributed by atoms with Gasteiger partial charge in [-0.3, -0.25) is 0 Å². The SMILES string of the molecule is O=S(=O)(C1CCCNC1)N1CCN(c2nccs2)CC1. The molecule has 0 spiro atoms. The zero-order chi connectivity index (χ0) is 14.0. The Kier molecular flexibility index (Phi) is 4.25. The van der Waals surface area contributed by atoms with Crippen LogP contribution in [0.4, 0.5) is 5.13 Å². The minimum atomic E-state index is -3.15. The van der Waals surface area contributed by atoms with E-state index in [-0.39, 0.29) is 5.25 Å². The van der Waals surface area contributed by atoms with Gasteiger partial charge in [-0.25, -0.2) is 13.4 Å². The average Bonchev–Trinajstić information content (AvgIpc) is 3.02. The Morgan fingerprint density at radius 3 is 2.70 bits per heavy atom. The van der Waals surface area contributed by atoms with E-state index in [1.54, 1.807) is 21.8 Å². The van der Waals surface area contributed by atoms with Crippen molar-refractivity contribution < 1.29 is 8.42 Å². The highest BCUT2D eigenvalue weighted by Crippen LogP contribution is 2.22. The third-order valence-electron chi connectivity index (χ3n) is 3.96. The summed E-state index contributed by atoms with van der Waals surface area (Å²) in [5.41, 5.74) is 0. The summed E-state index contributed by atoms with van der Waals surface area (Å²) in [4.78, 5) is 6.45. The molecule has 0 radical (unpaired) electrons. The number of nitrogens with zero attached hydrogens (tertiary/aromatic N) is 3. The van der Waals surface area contributed by atoms with Gasteiger partial charge >= 0.3 is 0 Å². The van der Waals surface area contributed by atoms with Crippen LogP contribution in [-0.2, 0) is 10.0 Å². The summed E-state index contributed by atoms with van der Waals surface area (Å²) < 4.78 is 26.8. The largest absolute Gasteiger partial charge is 0.345 e. The Bertz CT molecular complexity index is 518. The van der Waals surface area contributed by atoms with Crippen LogP contribution in [0.15, 0.2) is 11.6 Å². The summed E-state index contributed by atoms with van der Waals surface area (Å²) >= 11 is 1.60. The second-order valence-electron chi connectivity index (χ2n) is 5.21. The number of rotatable bonds is 3. The highest BCUT2D eigenvalue weighted by Gasteiger charge is 2.35. The second-order valence-corrected chi connectivity index (χ2v) is 8.30. The lowest BCUT2D eigenvalue weighted by atomic mass is 10.2. The minimum absolute atomic E-state index is 0.248. The molecule has 3 rings (SSSR count). The molecule has 8 heteroatoms. The van der Waals surface area contributed by atoms with E-state index in [9.17, 15) is 8.42 Å². The van der Waals surface area contributed by atoms with Crippen LogP contribution in [0.1, 0.15) is 12.8 Å². The number of thiazole rings is 1. The van der Waals surface area contributed by atoms with Gasteiger partial charge in [0.05, 0.1) is 5.25 Å². The molecule has 6 nitrogen and oxygen atoms in total. The van der Waals surface area contributed by atoms with Gasteiger partial charge in [0.15, 0.2) is 5.13 Å². The van der Waals surface area contributed by atoms with Gasteiger partial charge in [-0.2, -0.15) is 4.31 Å². The topological polar surface area (TPSA) is 65.5 Å². The Morgan fingerprint density at radius 2 is 2.10 bits per heavy atom. The zero-order valence-electron chi connectivity index (χ0n) is 11.4. The van der Waals surface area contributed by atoms with Gasteiger partial charge in [0.25, 0.3) is 0 Å². The molecule has 1 N–H and O–H groups in total. The van der Waals surface area contributed by atoms with Crippen molar-refractivity contribution in [1.82, 2.24) is 14.6 Å². The third kappa shape index (κ3) is 2.83. The van der Waals surface area contributed by atoms with Gasteiger partial charge in [-0.05, 0) is 19.4 Å². The predicted molar refractivity (Wildman–Crippen MR) is 80.7 cm³/mol. The molecule has 1 aromatic rings. The Hall–Kier alpha value is -0.700. The van der Waals surface area contributed by atoms with Crippen molar-refractivity contribution in [1.29, 1.82) is 0 Å². The van der Waals surface area contributed by atoms with Crippen molar-refractivity contribution in [2.75, 3.05) is 44.2 Å². The number of sulfonamides is 1. The molecule has 1 unspecified atom stereocenters. The van der Waals surface area contributed by atoms with Crippen molar-refractivity contribution in [3.05, 3.63) is 11.6 Å². The van der Waals surface area contributed by atoms with Crippen molar-refractivity contribution in [3.63, 3.8) is 0 Å². The fraction of sp³-hybridized carbons (Fsp3) is 0.750. The number of anilines is 1. The standard InChI is InChI=1S/C12H20N4O2S2/c17-20(18,11-2-1-3-13-10-11)16-7-5-15(6-8-16)12-14-4-9-19-12/h4,9,11,13H,1-3,5-8,10H2. The highest BCUT2D eigenvalue weighted by molar-refractivity contribution is 7.89. The lowest BCUT2D eigenvalue weighted by Crippen LogP contribution is -2.53. The minimum Gasteiger partial charge on any atom is -0.345 e. The average molecular weight is 316 g/mol. The molecule has 0 bridgehead atoms. The van der Waals surface area contributed by atoms with Gasteiger partial charge in [-0.1, -0.05) is 0 Å². The molecule has 112 valence electrons. The maximum Gasteiger partial charge on any atom is 0.218 e. The number of piperidine rings is 1. The van der Waals surface area contributed by atoms with Crippen molar-refractivity contribution in [3.8, 4) is 0 Å². The van der Waals surface area contributed by atoms with E-state index in [2.05, 4.69) is 15.2 Å². The Morgan fingerprint density at radius 1 is 1.30 bits per heavy atom. The van der Waals surface area contributed by atoms with E-state index in [0.29, 0.717) is 19.6 Å². The quantitative estimate of drug-likeness (QED) is 0.871. The van der Waals surface area contributed by atoms with Crippen LogP contribution < -0.4 is 10.2 Å². The molecule has 0 amide bonds. The molecule has 1 aromatic heterocycles. The van der Waals surface area contributed by atoms with Crippen LogP contribution in [0, 0.1) is 0 Å². The maximum atomic E-state index is 12.6. The van der Waals surface area contributed by atoms with Crippen LogP contribution in [0.3, 0.4) is 0 Å². The van der Waals surface area contributed by atoms with Gasteiger partial charge < -0.3 is 10.2 Å². The van der Waals surface area contributed by atoms with Crippen LogP contribution in [0.25, 0.3) is 0 Å². The molecule has 2 saturated heterocycles. The molecular formula is C12H20N4O2S2. The summed E-state index contributed by atoms with van der Waals surface area (Å²) in [6, 6.07) is 0. The van der Waals surface area contributed by atoms with Gasteiger partial charge in [-0.15, -0.1) is 11.3 Å². The smallest absolute Gasteiger partial charge is 0.218 e. The number of hydrogen-bond acceptors (Lipinski definition) is 6. The van der Waals surface area contributed by atoms with Gasteiger partial charge in [0.2, 0.25) is 10.0 Å². The van der Waals surface area contributed by atoms with Crippen LogP contribution in [-0.4, -0.2) is 62.2 Å². The molecule has 1 atom stereocenters. The van der Waals surface area contributed by atoms with E-state index < -0.39 is 10.0 Å². The van der Waals surface area contributed by atoms with Gasteiger partial charge in [0.1, 0.15) is 0 Å². The molecule has 2 fully saturated rings.